The second-order valence-corrected chi connectivity index (χ2v) is 8.25. The van der Waals surface area contributed by atoms with E-state index in [1.165, 1.54) is 0 Å². The van der Waals surface area contributed by atoms with E-state index in [1.807, 2.05) is 11.9 Å². The third-order valence-corrected chi connectivity index (χ3v) is 6.35. The van der Waals surface area contributed by atoms with Crippen LogP contribution in [0.2, 0.25) is 0 Å². The molecule has 28 heavy (non-hydrogen) atoms. The number of aromatic nitrogens is 5. The van der Waals surface area contributed by atoms with Crippen LogP contribution in [-0.2, 0) is 11.8 Å². The van der Waals surface area contributed by atoms with Gasteiger partial charge in [0, 0.05) is 38.8 Å². The van der Waals surface area contributed by atoms with Gasteiger partial charge < -0.3 is 14.5 Å². The highest BCUT2D eigenvalue weighted by Gasteiger charge is 2.51. The number of hydrogen-bond acceptors (Lipinski definition) is 8. The molecule has 0 aromatic carbocycles. The lowest BCUT2D eigenvalue weighted by molar-refractivity contribution is 0.0946. The first kappa shape index (κ1) is 17.6. The van der Waals surface area contributed by atoms with Crippen LogP contribution in [0.25, 0.3) is 11.2 Å². The highest BCUT2D eigenvalue weighted by Crippen LogP contribution is 2.34. The summed E-state index contributed by atoms with van der Waals surface area (Å²) in [5.74, 6) is 0.762. The Labute approximate surface area is 163 Å². The molecule has 10 heteroatoms. The molecular formula is C18H26N8O2. The van der Waals surface area contributed by atoms with E-state index in [-0.39, 0.29) is 24.3 Å². The number of likely N-dealkylation sites (tertiary alicyclic amines) is 1. The van der Waals surface area contributed by atoms with Gasteiger partial charge in [0.25, 0.3) is 0 Å². The van der Waals surface area contributed by atoms with Crippen molar-refractivity contribution in [3.8, 4) is 0 Å². The summed E-state index contributed by atoms with van der Waals surface area (Å²) >= 11 is 0. The van der Waals surface area contributed by atoms with Crippen LogP contribution in [0.4, 0.5) is 10.6 Å². The molecule has 5 rings (SSSR count). The van der Waals surface area contributed by atoms with Gasteiger partial charge in [-0.25, -0.2) is 19.4 Å². The largest absolute Gasteiger partial charge is 0.442 e. The zero-order chi connectivity index (χ0) is 19.4. The van der Waals surface area contributed by atoms with Crippen LogP contribution in [0.1, 0.15) is 26.7 Å². The van der Waals surface area contributed by atoms with Crippen LogP contribution in [0, 0.1) is 0 Å². The van der Waals surface area contributed by atoms with Crippen molar-refractivity contribution in [1.82, 2.24) is 34.8 Å². The molecule has 0 spiro atoms. The number of carbonyl (C=O) groups excluding carboxylic acids is 1. The summed E-state index contributed by atoms with van der Waals surface area (Å²) in [6, 6.07) is 0.859. The maximum Gasteiger partial charge on any atom is 0.410 e. The average Bonchev–Trinajstić information content (AvgIpc) is 3.34. The Bertz CT molecular complexity index is 891. The Morgan fingerprint density at radius 3 is 2.71 bits per heavy atom. The van der Waals surface area contributed by atoms with Crippen LogP contribution in [-0.4, -0.2) is 91.3 Å². The normalized spacial score (nSPS) is 26.5. The van der Waals surface area contributed by atoms with Crippen molar-refractivity contribution in [2.45, 2.75) is 50.9 Å². The summed E-state index contributed by atoms with van der Waals surface area (Å²) in [5.41, 5.74) is 1.39. The number of rotatable bonds is 3. The van der Waals surface area contributed by atoms with E-state index in [0.717, 1.165) is 31.7 Å². The van der Waals surface area contributed by atoms with Crippen molar-refractivity contribution in [3.63, 3.8) is 0 Å². The Hall–Kier alpha value is -2.49. The number of amides is 1. The smallest absolute Gasteiger partial charge is 0.410 e. The molecule has 0 N–H and O–H groups in total. The number of hydrogen-bond donors (Lipinski definition) is 0. The fourth-order valence-electron chi connectivity index (χ4n) is 4.81. The van der Waals surface area contributed by atoms with E-state index in [4.69, 9.17) is 4.74 Å². The predicted octanol–water partition coefficient (Wildman–Crippen LogP) is 0.640. The summed E-state index contributed by atoms with van der Waals surface area (Å²) < 4.78 is 7.39. The summed E-state index contributed by atoms with van der Waals surface area (Å²) in [7, 11) is 1.82. The molecule has 1 amide bonds. The van der Waals surface area contributed by atoms with E-state index >= 15 is 0 Å². The van der Waals surface area contributed by atoms with Gasteiger partial charge in [-0.3, -0.25) is 4.90 Å². The van der Waals surface area contributed by atoms with Gasteiger partial charge in [-0.1, -0.05) is 5.21 Å². The van der Waals surface area contributed by atoms with Crippen LogP contribution in [0.3, 0.4) is 0 Å². The van der Waals surface area contributed by atoms with Crippen molar-refractivity contribution in [3.05, 3.63) is 6.33 Å². The lowest BCUT2D eigenvalue weighted by atomic mass is 10.0. The Kier molecular flexibility index (Phi) is 4.11. The Morgan fingerprint density at radius 2 is 1.96 bits per heavy atom. The number of anilines is 1. The molecule has 2 aromatic heterocycles. The Balaban J connectivity index is 1.35. The molecule has 0 unspecified atom stereocenters. The van der Waals surface area contributed by atoms with E-state index in [1.54, 1.807) is 11.0 Å². The van der Waals surface area contributed by atoms with E-state index in [0.29, 0.717) is 30.3 Å². The third kappa shape index (κ3) is 2.69. The molecule has 3 aliphatic rings. The highest BCUT2D eigenvalue weighted by molar-refractivity contribution is 5.83. The zero-order valence-electron chi connectivity index (χ0n) is 16.5. The van der Waals surface area contributed by atoms with Crippen molar-refractivity contribution in [1.29, 1.82) is 0 Å². The first-order valence-electron chi connectivity index (χ1n) is 10.0. The Morgan fingerprint density at radius 1 is 1.18 bits per heavy atom. The molecule has 3 fully saturated rings. The third-order valence-electron chi connectivity index (χ3n) is 6.35. The van der Waals surface area contributed by atoms with Gasteiger partial charge in [0.15, 0.2) is 17.0 Å². The van der Waals surface area contributed by atoms with Crippen LogP contribution in [0.15, 0.2) is 6.33 Å². The van der Waals surface area contributed by atoms with Crippen molar-refractivity contribution in [2.24, 2.45) is 7.05 Å². The van der Waals surface area contributed by atoms with E-state index in [9.17, 15) is 4.79 Å². The first-order chi connectivity index (χ1) is 13.5. The lowest BCUT2D eigenvalue weighted by Gasteiger charge is -2.39. The number of piperidine rings is 1. The maximum atomic E-state index is 12.6. The molecule has 150 valence electrons. The summed E-state index contributed by atoms with van der Waals surface area (Å²) in [4.78, 5) is 27.9. The van der Waals surface area contributed by atoms with Gasteiger partial charge >= 0.3 is 6.09 Å². The summed E-state index contributed by atoms with van der Waals surface area (Å²) in [6.45, 7) is 7.83. The van der Waals surface area contributed by atoms with E-state index in [2.05, 4.69) is 43.9 Å². The number of fused-ring (bicyclic) bond motifs is 2. The minimum Gasteiger partial charge on any atom is -0.442 e. The molecular weight excluding hydrogens is 360 g/mol. The average molecular weight is 386 g/mol. The molecule has 2 aromatic rings. The molecule has 5 heterocycles. The fraction of sp³-hybridized carbons (Fsp3) is 0.722. The predicted molar refractivity (Wildman–Crippen MR) is 102 cm³/mol. The van der Waals surface area contributed by atoms with Gasteiger partial charge in [-0.2, -0.15) is 0 Å². The fourth-order valence-corrected chi connectivity index (χ4v) is 4.81. The number of ether oxygens (including phenoxy) is 1. The molecule has 0 radical (unpaired) electrons. The first-order valence-corrected chi connectivity index (χ1v) is 10.0. The molecule has 10 nitrogen and oxygen atoms in total. The molecule has 0 aliphatic carbocycles. The monoisotopic (exact) mass is 386 g/mol. The second kappa shape index (κ2) is 6.54. The van der Waals surface area contributed by atoms with Gasteiger partial charge in [0.05, 0.1) is 12.6 Å². The summed E-state index contributed by atoms with van der Waals surface area (Å²) in [6.07, 6.45) is 3.25. The quantitative estimate of drug-likeness (QED) is 0.759. The van der Waals surface area contributed by atoms with E-state index < -0.39 is 0 Å². The number of nitrogens with zero attached hydrogens (tertiary/aromatic N) is 8. The number of carbonyl (C=O) groups is 1. The highest BCUT2D eigenvalue weighted by atomic mass is 16.6. The van der Waals surface area contributed by atoms with Crippen molar-refractivity contribution >= 4 is 23.1 Å². The molecule has 3 saturated heterocycles. The SMILES string of the molecule is CC(C)N1CCC(N2C(=O)O[C@H]3CN(c4ncnc5c4nnn5C)C[C@H]32)CC1. The topological polar surface area (TPSA) is 92.5 Å². The van der Waals surface area contributed by atoms with Gasteiger partial charge in [-0.15, -0.1) is 5.10 Å². The van der Waals surface area contributed by atoms with Crippen LogP contribution >= 0.6 is 0 Å². The maximum absolute atomic E-state index is 12.6. The zero-order valence-corrected chi connectivity index (χ0v) is 16.5. The minimum atomic E-state index is -0.162. The van der Waals surface area contributed by atoms with Gasteiger partial charge in [0.2, 0.25) is 0 Å². The van der Waals surface area contributed by atoms with Gasteiger partial charge in [0.1, 0.15) is 12.4 Å². The molecule has 3 aliphatic heterocycles. The van der Waals surface area contributed by atoms with Gasteiger partial charge in [-0.05, 0) is 26.7 Å². The van der Waals surface area contributed by atoms with Crippen molar-refractivity contribution in [2.75, 3.05) is 31.1 Å². The standard InChI is InChI=1S/C18H26N8O2/c1-11(2)24-6-4-12(5-7-24)26-13-8-25(9-14(13)28-18(26)27)17-15-16(19-10-20-17)23(3)22-21-15/h10-14H,4-9H2,1-3H3/t13-,14+/m1/s1. The number of aryl methyl sites for hydroxylation is 1. The van der Waals surface area contributed by atoms with Crippen LogP contribution in [0.5, 0.6) is 0 Å². The molecule has 0 bridgehead atoms. The van der Waals surface area contributed by atoms with Crippen LogP contribution < -0.4 is 4.90 Å². The minimum absolute atomic E-state index is 0.0600. The molecule has 0 saturated carbocycles. The second-order valence-electron chi connectivity index (χ2n) is 8.25. The molecule has 2 atom stereocenters. The summed E-state index contributed by atoms with van der Waals surface area (Å²) in [5, 5.41) is 8.28. The lowest BCUT2D eigenvalue weighted by Crippen LogP contribution is -2.51. The van der Waals surface area contributed by atoms with Crippen molar-refractivity contribution < 1.29 is 9.53 Å².